The van der Waals surface area contributed by atoms with Crippen LogP contribution in [0.15, 0.2) is 36.4 Å². The smallest absolute Gasteiger partial charge is 0.142 e. The Kier molecular flexibility index (Phi) is 5.57. The zero-order valence-corrected chi connectivity index (χ0v) is 13.0. The van der Waals surface area contributed by atoms with E-state index in [0.717, 1.165) is 5.56 Å². The van der Waals surface area contributed by atoms with E-state index in [2.05, 4.69) is 5.32 Å². The maximum absolute atomic E-state index is 13.6. The summed E-state index contributed by atoms with van der Waals surface area (Å²) in [6.45, 7) is 2.65. The Balaban J connectivity index is 2.30. The van der Waals surface area contributed by atoms with Crippen molar-refractivity contribution in [2.24, 2.45) is 0 Å². The molecule has 0 fully saturated rings. The Morgan fingerprint density at radius 2 is 1.76 bits per heavy atom. The molecule has 0 bridgehead atoms. The van der Waals surface area contributed by atoms with Crippen LogP contribution < -0.4 is 5.32 Å². The molecule has 0 aromatic heterocycles. The number of halogens is 4. The summed E-state index contributed by atoms with van der Waals surface area (Å²) in [5.74, 6) is -0.811. The predicted molar refractivity (Wildman–Crippen MR) is 82.9 cm³/mol. The second kappa shape index (κ2) is 7.21. The van der Waals surface area contributed by atoms with E-state index in [1.54, 1.807) is 6.07 Å². The molecule has 0 aliphatic heterocycles. The number of hydrogen-bond acceptors (Lipinski definition) is 1. The Morgan fingerprint density at radius 3 is 2.43 bits per heavy atom. The summed E-state index contributed by atoms with van der Waals surface area (Å²) in [4.78, 5) is 0. The van der Waals surface area contributed by atoms with Crippen LogP contribution in [0.2, 0.25) is 10.0 Å². The fourth-order valence-corrected chi connectivity index (χ4v) is 2.52. The van der Waals surface area contributed by atoms with Gasteiger partial charge in [0.2, 0.25) is 0 Å². The highest BCUT2D eigenvalue weighted by molar-refractivity contribution is 6.31. The highest BCUT2D eigenvalue weighted by atomic mass is 35.5. The highest BCUT2D eigenvalue weighted by Gasteiger charge is 2.15. The van der Waals surface area contributed by atoms with Crippen molar-refractivity contribution in [2.75, 3.05) is 6.54 Å². The first-order valence-electron chi connectivity index (χ1n) is 6.63. The second-order valence-electron chi connectivity index (χ2n) is 4.72. The minimum atomic E-state index is -0.470. The van der Waals surface area contributed by atoms with Crippen molar-refractivity contribution in [3.05, 3.63) is 69.2 Å². The van der Waals surface area contributed by atoms with Gasteiger partial charge in [0.1, 0.15) is 11.6 Å². The zero-order chi connectivity index (χ0) is 15.4. The van der Waals surface area contributed by atoms with Gasteiger partial charge in [0.15, 0.2) is 0 Å². The summed E-state index contributed by atoms with van der Waals surface area (Å²) < 4.78 is 27.0. The van der Waals surface area contributed by atoms with E-state index in [1.165, 1.54) is 30.3 Å². The fourth-order valence-electron chi connectivity index (χ4n) is 2.20. The van der Waals surface area contributed by atoms with Crippen LogP contribution in [0.1, 0.15) is 24.1 Å². The molecule has 0 saturated heterocycles. The largest absolute Gasteiger partial charge is 0.310 e. The van der Waals surface area contributed by atoms with Crippen molar-refractivity contribution < 1.29 is 8.78 Å². The predicted octanol–water partition coefficient (Wildman–Crippen LogP) is 5.16. The van der Waals surface area contributed by atoms with Gasteiger partial charge in [-0.05, 0) is 54.4 Å². The van der Waals surface area contributed by atoms with Crippen molar-refractivity contribution in [1.29, 1.82) is 0 Å². The van der Waals surface area contributed by atoms with Crippen LogP contribution in [0.4, 0.5) is 8.78 Å². The molecule has 0 spiro atoms. The van der Waals surface area contributed by atoms with E-state index >= 15 is 0 Å². The molecule has 0 radical (unpaired) electrons. The first-order chi connectivity index (χ1) is 10.0. The first-order valence-corrected chi connectivity index (χ1v) is 7.39. The van der Waals surface area contributed by atoms with Crippen molar-refractivity contribution in [3.63, 3.8) is 0 Å². The summed E-state index contributed by atoms with van der Waals surface area (Å²) in [5, 5.41) is 3.83. The van der Waals surface area contributed by atoms with Crippen LogP contribution in [-0.2, 0) is 6.42 Å². The third kappa shape index (κ3) is 4.16. The molecule has 1 N–H and O–H groups in total. The van der Waals surface area contributed by atoms with Gasteiger partial charge < -0.3 is 5.32 Å². The molecule has 2 aromatic carbocycles. The van der Waals surface area contributed by atoms with E-state index in [1.807, 2.05) is 6.92 Å². The Bertz CT molecular complexity index is 632. The standard InChI is InChI=1S/C16H15Cl2F2N/c1-2-21-16(10-3-5-14(18)15(20)8-10)9-11-7-12(19)4-6-13(11)17/h3-8,16,21H,2,9H2,1H3. The minimum Gasteiger partial charge on any atom is -0.310 e. The summed E-state index contributed by atoms with van der Waals surface area (Å²) in [6, 6.07) is 8.74. The van der Waals surface area contributed by atoms with Crippen molar-refractivity contribution in [3.8, 4) is 0 Å². The van der Waals surface area contributed by atoms with Gasteiger partial charge in [-0.15, -0.1) is 0 Å². The van der Waals surface area contributed by atoms with Gasteiger partial charge in [-0.2, -0.15) is 0 Å². The Hall–Kier alpha value is -1.16. The first kappa shape index (κ1) is 16.2. The van der Waals surface area contributed by atoms with E-state index in [4.69, 9.17) is 23.2 Å². The molecule has 0 saturated carbocycles. The maximum Gasteiger partial charge on any atom is 0.142 e. The van der Waals surface area contributed by atoms with Gasteiger partial charge >= 0.3 is 0 Å². The molecule has 2 rings (SSSR count). The number of rotatable bonds is 5. The molecule has 0 heterocycles. The van der Waals surface area contributed by atoms with E-state index in [9.17, 15) is 8.78 Å². The lowest BCUT2D eigenvalue weighted by Crippen LogP contribution is -2.23. The molecule has 1 atom stereocenters. The highest BCUT2D eigenvalue weighted by Crippen LogP contribution is 2.26. The lowest BCUT2D eigenvalue weighted by Gasteiger charge is -2.19. The van der Waals surface area contributed by atoms with Crippen LogP contribution in [0.5, 0.6) is 0 Å². The van der Waals surface area contributed by atoms with Gasteiger partial charge in [-0.1, -0.05) is 36.2 Å². The molecule has 0 amide bonds. The molecule has 112 valence electrons. The SMILES string of the molecule is CCNC(Cc1cc(F)ccc1Cl)c1ccc(Cl)c(F)c1. The lowest BCUT2D eigenvalue weighted by molar-refractivity contribution is 0.540. The number of benzene rings is 2. The third-order valence-corrected chi connectivity index (χ3v) is 3.90. The monoisotopic (exact) mass is 329 g/mol. The zero-order valence-electron chi connectivity index (χ0n) is 11.5. The van der Waals surface area contributed by atoms with Crippen molar-refractivity contribution >= 4 is 23.2 Å². The van der Waals surface area contributed by atoms with Gasteiger partial charge in [0, 0.05) is 11.1 Å². The molecule has 1 nitrogen and oxygen atoms in total. The van der Waals surface area contributed by atoms with E-state index in [-0.39, 0.29) is 16.9 Å². The van der Waals surface area contributed by atoms with Crippen LogP contribution in [0.25, 0.3) is 0 Å². The summed E-state index contributed by atoms with van der Waals surface area (Å²) in [6.07, 6.45) is 0.464. The third-order valence-electron chi connectivity index (χ3n) is 3.23. The van der Waals surface area contributed by atoms with Gasteiger partial charge in [-0.3, -0.25) is 0 Å². The summed E-state index contributed by atoms with van der Waals surface area (Å²) >= 11 is 11.8. The molecule has 5 heteroatoms. The van der Waals surface area contributed by atoms with Crippen LogP contribution in [-0.4, -0.2) is 6.54 Å². The molecule has 1 unspecified atom stereocenters. The van der Waals surface area contributed by atoms with Crippen LogP contribution >= 0.6 is 23.2 Å². The normalized spacial score (nSPS) is 12.4. The quantitative estimate of drug-likeness (QED) is 0.798. The number of nitrogens with one attached hydrogen (secondary N) is 1. The molecular weight excluding hydrogens is 315 g/mol. The van der Waals surface area contributed by atoms with Gasteiger partial charge in [-0.25, -0.2) is 8.78 Å². The Labute approximate surface area is 132 Å². The topological polar surface area (TPSA) is 12.0 Å². The second-order valence-corrected chi connectivity index (χ2v) is 5.54. The Morgan fingerprint density at radius 1 is 1.05 bits per heavy atom. The molecule has 21 heavy (non-hydrogen) atoms. The fraction of sp³-hybridized carbons (Fsp3) is 0.250. The molecule has 2 aromatic rings. The van der Waals surface area contributed by atoms with E-state index < -0.39 is 5.82 Å². The van der Waals surface area contributed by atoms with Crippen molar-refractivity contribution in [2.45, 2.75) is 19.4 Å². The number of hydrogen-bond donors (Lipinski definition) is 1. The van der Waals surface area contributed by atoms with Crippen LogP contribution in [0, 0.1) is 11.6 Å². The maximum atomic E-state index is 13.6. The van der Waals surface area contributed by atoms with Gasteiger partial charge in [0.05, 0.1) is 5.02 Å². The molecule has 0 aliphatic carbocycles. The average Bonchev–Trinajstić information content (AvgIpc) is 2.45. The van der Waals surface area contributed by atoms with Crippen LogP contribution in [0.3, 0.4) is 0 Å². The minimum absolute atomic E-state index is 0.0813. The van der Waals surface area contributed by atoms with Crippen molar-refractivity contribution in [1.82, 2.24) is 5.32 Å². The van der Waals surface area contributed by atoms with Gasteiger partial charge in [0.25, 0.3) is 0 Å². The lowest BCUT2D eigenvalue weighted by atomic mass is 9.98. The summed E-state index contributed by atoms with van der Waals surface area (Å²) in [7, 11) is 0. The number of likely N-dealkylation sites (N-methyl/N-ethyl adjacent to an activating group) is 1. The molecular formula is C16H15Cl2F2N. The average molecular weight is 330 g/mol. The van der Waals surface area contributed by atoms with E-state index in [0.29, 0.717) is 23.6 Å². The summed E-state index contributed by atoms with van der Waals surface area (Å²) in [5.41, 5.74) is 1.43. The molecule has 0 aliphatic rings.